The highest BCUT2D eigenvalue weighted by molar-refractivity contribution is 6.30. The van der Waals surface area contributed by atoms with Crippen molar-refractivity contribution in [3.05, 3.63) is 58.0 Å². The van der Waals surface area contributed by atoms with E-state index in [1.54, 1.807) is 26.1 Å². The first-order valence-electron chi connectivity index (χ1n) is 7.47. The van der Waals surface area contributed by atoms with E-state index >= 15 is 0 Å². The number of halogens is 1. The maximum atomic E-state index is 12.8. The van der Waals surface area contributed by atoms with Gasteiger partial charge in [-0.15, -0.1) is 0 Å². The Morgan fingerprint density at radius 1 is 1.29 bits per heavy atom. The standard InChI is InChI=1S/C18H20ClNO4/c1-11-15(16(21)22)9-14(24-11)10-20(4)17(23)18(2,3)12-6-5-7-13(19)8-12/h5-9H,10H2,1-4H3,(H,21,22). The fourth-order valence-electron chi connectivity index (χ4n) is 2.62. The molecule has 24 heavy (non-hydrogen) atoms. The minimum absolute atomic E-state index is 0.111. The van der Waals surface area contributed by atoms with Gasteiger partial charge in [0, 0.05) is 12.1 Å². The van der Waals surface area contributed by atoms with Crippen LogP contribution in [0.4, 0.5) is 0 Å². The maximum Gasteiger partial charge on any atom is 0.339 e. The fraction of sp³-hybridized carbons (Fsp3) is 0.333. The molecular formula is C18H20ClNO4. The summed E-state index contributed by atoms with van der Waals surface area (Å²) in [4.78, 5) is 25.4. The van der Waals surface area contributed by atoms with Crippen molar-refractivity contribution in [3.63, 3.8) is 0 Å². The molecule has 5 nitrogen and oxygen atoms in total. The molecule has 0 radical (unpaired) electrons. The van der Waals surface area contributed by atoms with Gasteiger partial charge in [0.15, 0.2) is 0 Å². The molecule has 2 rings (SSSR count). The molecule has 1 heterocycles. The lowest BCUT2D eigenvalue weighted by Gasteiger charge is -2.29. The summed E-state index contributed by atoms with van der Waals surface area (Å²) in [6.45, 7) is 5.43. The fourth-order valence-corrected chi connectivity index (χ4v) is 2.81. The van der Waals surface area contributed by atoms with Crippen LogP contribution in [-0.4, -0.2) is 28.9 Å². The molecule has 0 atom stereocenters. The van der Waals surface area contributed by atoms with Gasteiger partial charge < -0.3 is 14.4 Å². The van der Waals surface area contributed by atoms with Crippen molar-refractivity contribution in [3.8, 4) is 0 Å². The molecular weight excluding hydrogens is 330 g/mol. The van der Waals surface area contributed by atoms with Crippen LogP contribution in [0.15, 0.2) is 34.7 Å². The monoisotopic (exact) mass is 349 g/mol. The van der Waals surface area contributed by atoms with E-state index < -0.39 is 11.4 Å². The molecule has 0 aliphatic heterocycles. The SMILES string of the molecule is Cc1oc(CN(C)C(=O)C(C)(C)c2cccc(Cl)c2)cc1C(=O)O. The number of carboxylic acid groups (broad SMARTS) is 1. The van der Waals surface area contributed by atoms with Gasteiger partial charge in [-0.3, -0.25) is 4.79 Å². The number of furan rings is 1. The van der Waals surface area contributed by atoms with E-state index in [1.165, 1.54) is 11.0 Å². The Morgan fingerprint density at radius 2 is 1.96 bits per heavy atom. The van der Waals surface area contributed by atoms with E-state index in [9.17, 15) is 9.59 Å². The van der Waals surface area contributed by atoms with Crippen molar-refractivity contribution in [2.45, 2.75) is 32.7 Å². The molecule has 0 aliphatic rings. The predicted molar refractivity (Wildman–Crippen MR) is 91.4 cm³/mol. The lowest BCUT2D eigenvalue weighted by molar-refractivity contribution is -0.135. The summed E-state index contributed by atoms with van der Waals surface area (Å²) in [7, 11) is 1.66. The Kier molecular flexibility index (Phi) is 5.04. The first-order chi connectivity index (χ1) is 11.1. The van der Waals surface area contributed by atoms with Gasteiger partial charge in [-0.05, 0) is 44.5 Å². The summed E-state index contributed by atoms with van der Waals surface area (Å²) >= 11 is 6.02. The molecule has 0 fully saturated rings. The van der Waals surface area contributed by atoms with Gasteiger partial charge in [0.25, 0.3) is 0 Å². The van der Waals surface area contributed by atoms with Crippen LogP contribution < -0.4 is 0 Å². The van der Waals surface area contributed by atoms with Crippen molar-refractivity contribution in [2.75, 3.05) is 7.05 Å². The number of rotatable bonds is 5. The summed E-state index contributed by atoms with van der Waals surface area (Å²) in [5.74, 6) is -0.401. The first kappa shape index (κ1) is 18.1. The van der Waals surface area contributed by atoms with Crippen LogP contribution in [0.25, 0.3) is 0 Å². The van der Waals surface area contributed by atoms with E-state index in [1.807, 2.05) is 26.0 Å². The number of benzene rings is 1. The summed E-state index contributed by atoms with van der Waals surface area (Å²) in [5, 5.41) is 9.65. The topological polar surface area (TPSA) is 70.8 Å². The number of nitrogens with zero attached hydrogens (tertiary/aromatic N) is 1. The second-order valence-corrected chi connectivity index (χ2v) is 6.72. The second-order valence-electron chi connectivity index (χ2n) is 6.28. The van der Waals surface area contributed by atoms with Gasteiger partial charge in [0.2, 0.25) is 5.91 Å². The number of carbonyl (C=O) groups excluding carboxylic acids is 1. The van der Waals surface area contributed by atoms with Crippen LogP contribution in [0.1, 0.15) is 41.3 Å². The van der Waals surface area contributed by atoms with Crippen LogP contribution in [-0.2, 0) is 16.8 Å². The van der Waals surface area contributed by atoms with Crippen LogP contribution in [0.2, 0.25) is 5.02 Å². The Hall–Kier alpha value is -2.27. The Labute approximate surface area is 145 Å². The molecule has 2 aromatic rings. The summed E-state index contributed by atoms with van der Waals surface area (Å²) in [5.41, 5.74) is 0.158. The van der Waals surface area contributed by atoms with Crippen molar-refractivity contribution in [2.24, 2.45) is 0 Å². The third-order valence-electron chi connectivity index (χ3n) is 4.02. The molecule has 0 spiro atoms. The van der Waals surface area contributed by atoms with Gasteiger partial charge in [-0.1, -0.05) is 23.7 Å². The van der Waals surface area contributed by atoms with Gasteiger partial charge in [-0.25, -0.2) is 4.79 Å². The number of hydrogen-bond acceptors (Lipinski definition) is 3. The van der Waals surface area contributed by atoms with Gasteiger partial charge in [0.05, 0.1) is 12.0 Å². The van der Waals surface area contributed by atoms with E-state index in [2.05, 4.69) is 0 Å². The number of aromatic carboxylic acids is 1. The largest absolute Gasteiger partial charge is 0.478 e. The first-order valence-corrected chi connectivity index (χ1v) is 7.85. The summed E-state index contributed by atoms with van der Waals surface area (Å²) in [6.07, 6.45) is 0. The zero-order valence-corrected chi connectivity index (χ0v) is 14.8. The van der Waals surface area contributed by atoms with Crippen molar-refractivity contribution in [1.82, 2.24) is 4.90 Å². The zero-order valence-electron chi connectivity index (χ0n) is 14.1. The minimum atomic E-state index is -1.05. The molecule has 0 saturated carbocycles. The number of hydrogen-bond donors (Lipinski definition) is 1. The molecule has 0 aliphatic carbocycles. The van der Waals surface area contributed by atoms with Crippen LogP contribution >= 0.6 is 11.6 Å². The Balaban J connectivity index is 2.19. The highest BCUT2D eigenvalue weighted by Gasteiger charge is 2.33. The van der Waals surface area contributed by atoms with E-state index in [0.29, 0.717) is 16.5 Å². The van der Waals surface area contributed by atoms with Crippen LogP contribution in [0, 0.1) is 6.92 Å². The maximum absolute atomic E-state index is 12.8. The molecule has 0 saturated heterocycles. The lowest BCUT2D eigenvalue weighted by atomic mass is 9.83. The number of carboxylic acids is 1. The average Bonchev–Trinajstić information content (AvgIpc) is 2.87. The highest BCUT2D eigenvalue weighted by Crippen LogP contribution is 2.28. The predicted octanol–water partition coefficient (Wildman–Crippen LogP) is 3.88. The van der Waals surface area contributed by atoms with Gasteiger partial charge in [0.1, 0.15) is 17.1 Å². The van der Waals surface area contributed by atoms with Crippen molar-refractivity contribution in [1.29, 1.82) is 0 Å². The van der Waals surface area contributed by atoms with Crippen molar-refractivity contribution < 1.29 is 19.1 Å². The quantitative estimate of drug-likeness (QED) is 0.889. The molecule has 1 N–H and O–H groups in total. The lowest BCUT2D eigenvalue weighted by Crippen LogP contribution is -2.40. The third-order valence-corrected chi connectivity index (χ3v) is 4.25. The Morgan fingerprint density at radius 3 is 2.50 bits per heavy atom. The van der Waals surface area contributed by atoms with E-state index in [0.717, 1.165) is 5.56 Å². The summed E-state index contributed by atoms with van der Waals surface area (Å²) < 4.78 is 5.44. The average molecular weight is 350 g/mol. The van der Waals surface area contributed by atoms with Gasteiger partial charge in [-0.2, -0.15) is 0 Å². The Bertz CT molecular complexity index is 779. The molecule has 1 aromatic carbocycles. The third kappa shape index (κ3) is 3.62. The van der Waals surface area contributed by atoms with E-state index in [-0.39, 0.29) is 18.0 Å². The molecule has 6 heteroatoms. The van der Waals surface area contributed by atoms with Crippen LogP contribution in [0.5, 0.6) is 0 Å². The second kappa shape index (κ2) is 6.69. The molecule has 0 unspecified atom stereocenters. The molecule has 128 valence electrons. The molecule has 1 amide bonds. The molecule has 1 aromatic heterocycles. The number of amides is 1. The normalized spacial score (nSPS) is 11.4. The van der Waals surface area contributed by atoms with Gasteiger partial charge >= 0.3 is 5.97 Å². The smallest absolute Gasteiger partial charge is 0.339 e. The number of likely N-dealkylation sites (N-methyl/N-ethyl adjacent to an activating group) is 1. The minimum Gasteiger partial charge on any atom is -0.478 e. The zero-order chi connectivity index (χ0) is 18.1. The summed E-state index contributed by atoms with van der Waals surface area (Å²) in [6, 6.07) is 8.65. The number of carbonyl (C=O) groups is 2. The van der Waals surface area contributed by atoms with E-state index in [4.69, 9.17) is 21.1 Å². The highest BCUT2D eigenvalue weighted by atomic mass is 35.5. The number of aryl methyl sites for hydroxylation is 1. The molecule has 0 bridgehead atoms. The van der Waals surface area contributed by atoms with Crippen LogP contribution in [0.3, 0.4) is 0 Å². The van der Waals surface area contributed by atoms with Crippen molar-refractivity contribution >= 4 is 23.5 Å².